The molecule has 0 aliphatic carbocycles. The average Bonchev–Trinajstić information content (AvgIpc) is 3.15. The van der Waals surface area contributed by atoms with Gasteiger partial charge in [0.05, 0.1) is 31.5 Å². The Morgan fingerprint density at radius 2 is 1.59 bits per heavy atom. The number of primary amides is 1. The van der Waals surface area contributed by atoms with Crippen LogP contribution in [0.1, 0.15) is 32.3 Å². The fraction of sp³-hybridized carbons (Fsp3) is 0.130. The Morgan fingerprint density at radius 3 is 2.09 bits per heavy atom. The van der Waals surface area contributed by atoms with Gasteiger partial charge >= 0.3 is 11.9 Å². The summed E-state index contributed by atoms with van der Waals surface area (Å²) in [5.74, 6) is -5.05. The molecule has 0 saturated heterocycles. The van der Waals surface area contributed by atoms with Crippen molar-refractivity contribution in [3.8, 4) is 23.0 Å². The fourth-order valence-corrected chi connectivity index (χ4v) is 3.47. The SMILES string of the molecule is COC(=O)c1c(C(C#N)C(N)=O)c(-c2ccccc2)n(-c2ccc(F)cc2)c1C(=O)OC. The van der Waals surface area contributed by atoms with E-state index in [2.05, 4.69) is 0 Å². The van der Waals surface area contributed by atoms with Crippen LogP contribution < -0.4 is 5.73 Å². The summed E-state index contributed by atoms with van der Waals surface area (Å²) in [5.41, 5.74) is 5.65. The molecule has 8 nitrogen and oxygen atoms in total. The maximum absolute atomic E-state index is 13.6. The Kier molecular flexibility index (Phi) is 6.35. The highest BCUT2D eigenvalue weighted by atomic mass is 19.1. The number of hydrogen-bond donors (Lipinski definition) is 1. The van der Waals surface area contributed by atoms with Crippen LogP contribution in [0.3, 0.4) is 0 Å². The number of rotatable bonds is 6. The number of carbonyl (C=O) groups excluding carboxylic acids is 3. The molecule has 1 unspecified atom stereocenters. The van der Waals surface area contributed by atoms with Crippen molar-refractivity contribution in [3.63, 3.8) is 0 Å². The molecule has 0 fully saturated rings. The van der Waals surface area contributed by atoms with E-state index in [4.69, 9.17) is 15.2 Å². The summed E-state index contributed by atoms with van der Waals surface area (Å²) < 4.78 is 24.7. The number of amides is 1. The highest BCUT2D eigenvalue weighted by Gasteiger charge is 2.38. The van der Waals surface area contributed by atoms with Crippen LogP contribution in [0.4, 0.5) is 4.39 Å². The molecule has 0 radical (unpaired) electrons. The number of esters is 2. The number of ether oxygens (including phenoxy) is 2. The molecule has 2 aromatic carbocycles. The van der Waals surface area contributed by atoms with Gasteiger partial charge in [-0.05, 0) is 29.8 Å². The fourth-order valence-electron chi connectivity index (χ4n) is 3.47. The Morgan fingerprint density at radius 1 is 1.00 bits per heavy atom. The summed E-state index contributed by atoms with van der Waals surface area (Å²) in [4.78, 5) is 37.9. The molecule has 0 bridgehead atoms. The van der Waals surface area contributed by atoms with E-state index < -0.39 is 29.6 Å². The van der Waals surface area contributed by atoms with Gasteiger partial charge < -0.3 is 19.8 Å². The van der Waals surface area contributed by atoms with Crippen LogP contribution in [0.15, 0.2) is 54.6 Å². The molecule has 1 heterocycles. The molecule has 0 aliphatic heterocycles. The number of nitrogens with two attached hydrogens (primary N) is 1. The zero-order valence-electron chi connectivity index (χ0n) is 17.2. The van der Waals surface area contributed by atoms with Gasteiger partial charge in [0.15, 0.2) is 5.92 Å². The van der Waals surface area contributed by atoms with Crippen molar-refractivity contribution in [2.75, 3.05) is 14.2 Å². The predicted molar refractivity (Wildman–Crippen MR) is 111 cm³/mol. The lowest BCUT2D eigenvalue weighted by Crippen LogP contribution is -2.23. The first kappa shape index (κ1) is 22.2. The Hall–Kier alpha value is -4.45. The third-order valence-electron chi connectivity index (χ3n) is 4.81. The van der Waals surface area contributed by atoms with E-state index in [1.165, 1.54) is 28.8 Å². The third kappa shape index (κ3) is 3.81. The summed E-state index contributed by atoms with van der Waals surface area (Å²) in [6.07, 6.45) is 0. The molecule has 162 valence electrons. The van der Waals surface area contributed by atoms with E-state index in [-0.39, 0.29) is 28.2 Å². The smallest absolute Gasteiger partial charge is 0.355 e. The molecule has 1 amide bonds. The normalized spacial score (nSPS) is 11.3. The van der Waals surface area contributed by atoms with Crippen LogP contribution in [0, 0.1) is 17.1 Å². The Balaban J connectivity index is 2.62. The second-order valence-corrected chi connectivity index (χ2v) is 6.61. The van der Waals surface area contributed by atoms with Gasteiger partial charge in [-0.25, -0.2) is 14.0 Å². The van der Waals surface area contributed by atoms with E-state index in [1.54, 1.807) is 36.4 Å². The van der Waals surface area contributed by atoms with Gasteiger partial charge in [0.25, 0.3) is 0 Å². The molecule has 3 aromatic rings. The van der Waals surface area contributed by atoms with E-state index in [0.29, 0.717) is 5.56 Å². The molecule has 3 rings (SSSR count). The summed E-state index contributed by atoms with van der Waals surface area (Å²) in [6, 6.07) is 15.3. The second-order valence-electron chi connectivity index (χ2n) is 6.61. The molecule has 1 atom stereocenters. The van der Waals surface area contributed by atoms with Crippen LogP contribution in [-0.2, 0) is 14.3 Å². The van der Waals surface area contributed by atoms with Crippen molar-refractivity contribution in [1.29, 1.82) is 5.26 Å². The maximum atomic E-state index is 13.6. The van der Waals surface area contributed by atoms with E-state index in [0.717, 1.165) is 14.2 Å². The van der Waals surface area contributed by atoms with Gasteiger partial charge in [-0.2, -0.15) is 5.26 Å². The Labute approximate surface area is 182 Å². The third-order valence-corrected chi connectivity index (χ3v) is 4.81. The maximum Gasteiger partial charge on any atom is 0.355 e. The minimum absolute atomic E-state index is 0.109. The van der Waals surface area contributed by atoms with Gasteiger partial charge in [0.2, 0.25) is 5.91 Å². The first-order valence-corrected chi connectivity index (χ1v) is 9.31. The first-order valence-electron chi connectivity index (χ1n) is 9.31. The highest BCUT2D eigenvalue weighted by Crippen LogP contribution is 2.39. The van der Waals surface area contributed by atoms with Crippen molar-refractivity contribution in [2.24, 2.45) is 5.73 Å². The van der Waals surface area contributed by atoms with Crippen molar-refractivity contribution in [1.82, 2.24) is 4.57 Å². The minimum atomic E-state index is -1.59. The molecule has 0 aliphatic rings. The largest absolute Gasteiger partial charge is 0.465 e. The number of benzene rings is 2. The van der Waals surface area contributed by atoms with Crippen molar-refractivity contribution < 1.29 is 28.2 Å². The topological polar surface area (TPSA) is 124 Å². The molecule has 1 aromatic heterocycles. The van der Waals surface area contributed by atoms with Crippen LogP contribution in [0.25, 0.3) is 16.9 Å². The summed E-state index contributed by atoms with van der Waals surface area (Å²) in [6.45, 7) is 0. The molecule has 9 heteroatoms. The van der Waals surface area contributed by atoms with Gasteiger partial charge in [-0.15, -0.1) is 0 Å². The van der Waals surface area contributed by atoms with E-state index >= 15 is 0 Å². The summed E-state index contributed by atoms with van der Waals surface area (Å²) in [5, 5.41) is 9.73. The lowest BCUT2D eigenvalue weighted by atomic mass is 9.92. The van der Waals surface area contributed by atoms with Crippen LogP contribution in [0.5, 0.6) is 0 Å². The van der Waals surface area contributed by atoms with Gasteiger partial charge in [-0.3, -0.25) is 4.79 Å². The molecule has 0 saturated carbocycles. The second kappa shape index (κ2) is 9.14. The number of nitrogens with zero attached hydrogens (tertiary/aromatic N) is 2. The number of nitriles is 1. The summed E-state index contributed by atoms with van der Waals surface area (Å²) >= 11 is 0. The zero-order valence-corrected chi connectivity index (χ0v) is 17.2. The highest BCUT2D eigenvalue weighted by molar-refractivity contribution is 6.08. The number of methoxy groups -OCH3 is 2. The summed E-state index contributed by atoms with van der Waals surface area (Å²) in [7, 11) is 2.21. The van der Waals surface area contributed by atoms with Gasteiger partial charge in [0.1, 0.15) is 11.5 Å². The number of aromatic nitrogens is 1. The zero-order chi connectivity index (χ0) is 23.4. The van der Waals surface area contributed by atoms with E-state index in [1.807, 2.05) is 0 Å². The molecule has 0 spiro atoms. The van der Waals surface area contributed by atoms with E-state index in [9.17, 15) is 24.0 Å². The molecular weight excluding hydrogens is 417 g/mol. The van der Waals surface area contributed by atoms with Crippen molar-refractivity contribution in [2.45, 2.75) is 5.92 Å². The van der Waals surface area contributed by atoms with Crippen molar-refractivity contribution in [3.05, 3.63) is 77.2 Å². The molecule has 32 heavy (non-hydrogen) atoms. The van der Waals surface area contributed by atoms with Crippen molar-refractivity contribution >= 4 is 17.8 Å². The number of hydrogen-bond acceptors (Lipinski definition) is 6. The van der Waals surface area contributed by atoms with Crippen LogP contribution >= 0.6 is 0 Å². The van der Waals surface area contributed by atoms with Crippen LogP contribution in [-0.4, -0.2) is 36.6 Å². The quantitative estimate of drug-likeness (QED) is 0.594. The predicted octanol–water partition coefficient (Wildman–Crippen LogP) is 2.95. The average molecular weight is 435 g/mol. The molecule has 2 N–H and O–H groups in total. The minimum Gasteiger partial charge on any atom is -0.465 e. The van der Waals surface area contributed by atoms with Gasteiger partial charge in [-0.1, -0.05) is 30.3 Å². The number of carbonyl (C=O) groups is 3. The lowest BCUT2D eigenvalue weighted by Gasteiger charge is -2.15. The van der Waals surface area contributed by atoms with Crippen LogP contribution in [0.2, 0.25) is 0 Å². The number of halogens is 1. The van der Waals surface area contributed by atoms with Gasteiger partial charge in [0, 0.05) is 11.3 Å². The molecular formula is C23H18FN3O5. The standard InChI is InChI=1S/C23H18FN3O5/c1-31-22(29)18-17(16(12-25)21(26)28)19(13-6-4-3-5-7-13)27(20(18)23(30)32-2)15-10-8-14(24)9-11-15/h3-11,16H,1-2H3,(H2,26,28). The monoisotopic (exact) mass is 435 g/mol. The lowest BCUT2D eigenvalue weighted by molar-refractivity contribution is -0.118. The first-order chi connectivity index (χ1) is 15.3. The Bertz CT molecular complexity index is 1230.